The molecule has 2 N–H and O–H groups in total. The number of halogens is 1. The first-order valence-electron chi connectivity index (χ1n) is 13.1. The van der Waals surface area contributed by atoms with Crippen molar-refractivity contribution in [3.63, 3.8) is 0 Å². The molecular formula is C27H42FN3O4. The molecule has 1 heterocycles. The lowest BCUT2D eigenvalue weighted by Crippen LogP contribution is -2.43. The third kappa shape index (κ3) is 8.76. The average Bonchev–Trinajstić information content (AvgIpc) is 3.37. The van der Waals surface area contributed by atoms with E-state index in [1.54, 1.807) is 6.07 Å². The van der Waals surface area contributed by atoms with E-state index in [0.29, 0.717) is 25.4 Å². The number of nitrogens with zero attached hydrogens (tertiary/aromatic N) is 1. The number of piperidine rings is 1. The molecule has 1 aromatic rings. The summed E-state index contributed by atoms with van der Waals surface area (Å²) in [6, 6.07) is 6.48. The van der Waals surface area contributed by atoms with Gasteiger partial charge in [0.2, 0.25) is 5.91 Å². The van der Waals surface area contributed by atoms with E-state index in [1.807, 2.05) is 18.0 Å². The number of nitrogens with one attached hydrogen (secondary N) is 2. The summed E-state index contributed by atoms with van der Waals surface area (Å²) < 4.78 is 24.8. The maximum Gasteiger partial charge on any atom is 0.406 e. The number of carbonyl (C=O) groups excluding carboxylic acids is 2. The van der Waals surface area contributed by atoms with E-state index in [9.17, 15) is 14.0 Å². The lowest BCUT2D eigenvalue weighted by molar-refractivity contribution is -0.135. The van der Waals surface area contributed by atoms with E-state index in [2.05, 4.69) is 15.4 Å². The van der Waals surface area contributed by atoms with Crippen molar-refractivity contribution < 1.29 is 23.5 Å². The maximum atomic E-state index is 14.0. The molecule has 2 amide bonds. The van der Waals surface area contributed by atoms with Gasteiger partial charge in [0, 0.05) is 32.0 Å². The second kappa shape index (κ2) is 14.4. The van der Waals surface area contributed by atoms with Crippen LogP contribution >= 0.6 is 0 Å². The molecule has 0 aromatic heterocycles. The van der Waals surface area contributed by atoms with Gasteiger partial charge in [-0.15, -0.1) is 0 Å². The van der Waals surface area contributed by atoms with E-state index in [0.717, 1.165) is 43.8 Å². The van der Waals surface area contributed by atoms with Gasteiger partial charge in [-0.25, -0.2) is 9.18 Å². The van der Waals surface area contributed by atoms with Crippen LogP contribution in [0.4, 0.5) is 9.18 Å². The molecule has 8 heteroatoms. The minimum absolute atomic E-state index is 0.0604. The maximum absolute atomic E-state index is 14.0. The molecule has 2 fully saturated rings. The van der Waals surface area contributed by atoms with Crippen LogP contribution in [-0.2, 0) is 14.3 Å². The molecule has 1 aliphatic heterocycles. The van der Waals surface area contributed by atoms with E-state index in [-0.39, 0.29) is 30.4 Å². The fraction of sp³-hybridized carbons (Fsp3) is 0.704. The molecule has 0 bridgehead atoms. The highest BCUT2D eigenvalue weighted by atomic mass is 19.1. The van der Waals surface area contributed by atoms with Crippen LogP contribution in [0, 0.1) is 23.6 Å². The van der Waals surface area contributed by atoms with Crippen LogP contribution in [0.3, 0.4) is 0 Å². The number of likely N-dealkylation sites (tertiary alicyclic amines) is 1. The first-order valence-corrected chi connectivity index (χ1v) is 13.1. The summed E-state index contributed by atoms with van der Waals surface area (Å²) in [4.78, 5) is 26.6. The van der Waals surface area contributed by atoms with Crippen molar-refractivity contribution in [3.05, 3.63) is 35.6 Å². The van der Waals surface area contributed by atoms with Gasteiger partial charge in [-0.3, -0.25) is 4.79 Å². The van der Waals surface area contributed by atoms with Crippen molar-refractivity contribution >= 4 is 12.0 Å². The van der Waals surface area contributed by atoms with Crippen LogP contribution in [0.5, 0.6) is 0 Å². The molecular weight excluding hydrogens is 449 g/mol. The Kier molecular flexibility index (Phi) is 11.3. The molecule has 0 unspecified atom stereocenters. The zero-order valence-corrected chi connectivity index (χ0v) is 21.3. The van der Waals surface area contributed by atoms with Gasteiger partial charge < -0.3 is 25.0 Å². The van der Waals surface area contributed by atoms with Crippen LogP contribution in [-0.4, -0.2) is 63.8 Å². The van der Waals surface area contributed by atoms with E-state index in [4.69, 9.17) is 4.74 Å². The van der Waals surface area contributed by atoms with E-state index < -0.39 is 6.09 Å². The third-order valence-corrected chi connectivity index (χ3v) is 7.37. The highest BCUT2D eigenvalue weighted by Gasteiger charge is 2.32. The van der Waals surface area contributed by atoms with Crippen LogP contribution in [0.1, 0.15) is 63.0 Å². The quantitative estimate of drug-likeness (QED) is 0.427. The van der Waals surface area contributed by atoms with Gasteiger partial charge >= 0.3 is 6.09 Å². The van der Waals surface area contributed by atoms with Crippen molar-refractivity contribution in [3.8, 4) is 0 Å². The van der Waals surface area contributed by atoms with Crippen LogP contribution in [0.25, 0.3) is 0 Å². The third-order valence-electron chi connectivity index (χ3n) is 7.37. The summed E-state index contributed by atoms with van der Waals surface area (Å²) in [5.41, 5.74) is 0.761. The molecule has 1 aliphatic carbocycles. The normalized spacial score (nSPS) is 20.4. The summed E-state index contributed by atoms with van der Waals surface area (Å²) in [6.07, 6.45) is 7.82. The molecule has 1 aromatic carbocycles. The smallest absolute Gasteiger partial charge is 0.406 e. The number of ether oxygens (including phenoxy) is 2. The van der Waals surface area contributed by atoms with E-state index in [1.165, 1.54) is 44.9 Å². The first kappa shape index (κ1) is 27.4. The lowest BCUT2D eigenvalue weighted by atomic mass is 9.87. The summed E-state index contributed by atoms with van der Waals surface area (Å²) >= 11 is 0. The number of alkyl carbamates (subject to hydrolysis) is 1. The standard InChI is InChI=1S/C27H42FN3O4/c1-29-18-21(15-20-7-3-4-8-20)16-25(32)31-13-6-10-23(19-31)26(22-9-5-11-24(28)17-22)35-14-12-30-27(33)34-2/h5,9,11,17,20-21,23,26,29H,3-4,6-8,10,12-16,18-19H2,1-2H3,(H,30,33)/t21-,23-,26+/m1/s1. The molecule has 2 aliphatic rings. The first-order chi connectivity index (χ1) is 17.0. The number of rotatable bonds is 12. The van der Waals surface area contributed by atoms with Crippen LogP contribution in [0.15, 0.2) is 24.3 Å². The fourth-order valence-corrected chi connectivity index (χ4v) is 5.70. The SMILES string of the molecule is CNC[C@@H](CC(=O)N1CCC[C@@H]([C@@H](OCCNC(=O)OC)c2cccc(F)c2)C1)CC1CCCC1. The Balaban J connectivity index is 1.62. The zero-order valence-electron chi connectivity index (χ0n) is 21.3. The molecule has 196 valence electrons. The number of amides is 2. The average molecular weight is 492 g/mol. The van der Waals surface area contributed by atoms with Gasteiger partial charge in [-0.05, 0) is 62.4 Å². The van der Waals surface area contributed by atoms with Crippen molar-refractivity contribution in [2.24, 2.45) is 17.8 Å². The van der Waals surface area contributed by atoms with Gasteiger partial charge in [0.1, 0.15) is 5.82 Å². The van der Waals surface area contributed by atoms with Gasteiger partial charge in [0.05, 0.1) is 19.8 Å². The Morgan fingerprint density at radius 3 is 2.71 bits per heavy atom. The van der Waals surface area contributed by atoms with Crippen molar-refractivity contribution in [2.75, 3.05) is 46.9 Å². The Labute approximate surface area is 209 Å². The monoisotopic (exact) mass is 491 g/mol. The number of benzene rings is 1. The zero-order chi connectivity index (χ0) is 25.0. The second-order valence-corrected chi connectivity index (χ2v) is 10.0. The minimum Gasteiger partial charge on any atom is -0.453 e. The van der Waals surface area contributed by atoms with Crippen molar-refractivity contribution in [1.82, 2.24) is 15.5 Å². The van der Waals surface area contributed by atoms with Crippen LogP contribution in [0.2, 0.25) is 0 Å². The fourth-order valence-electron chi connectivity index (χ4n) is 5.70. The molecule has 3 rings (SSSR count). The van der Waals surface area contributed by atoms with Crippen LogP contribution < -0.4 is 10.6 Å². The van der Waals surface area contributed by atoms with Gasteiger partial charge in [0.25, 0.3) is 0 Å². The Morgan fingerprint density at radius 2 is 2.00 bits per heavy atom. The Hall–Kier alpha value is -2.19. The van der Waals surface area contributed by atoms with Crippen molar-refractivity contribution in [2.45, 2.75) is 57.5 Å². The van der Waals surface area contributed by atoms with Gasteiger partial charge in [-0.1, -0.05) is 37.8 Å². The lowest BCUT2D eigenvalue weighted by Gasteiger charge is -2.38. The highest BCUT2D eigenvalue weighted by Crippen LogP contribution is 2.35. The molecule has 7 nitrogen and oxygen atoms in total. The Bertz CT molecular complexity index is 802. The topological polar surface area (TPSA) is 79.9 Å². The Morgan fingerprint density at radius 1 is 1.20 bits per heavy atom. The van der Waals surface area contributed by atoms with Gasteiger partial charge in [0.15, 0.2) is 0 Å². The highest BCUT2D eigenvalue weighted by molar-refractivity contribution is 5.76. The number of hydrogen-bond donors (Lipinski definition) is 2. The largest absolute Gasteiger partial charge is 0.453 e. The summed E-state index contributed by atoms with van der Waals surface area (Å²) in [7, 11) is 3.27. The summed E-state index contributed by atoms with van der Waals surface area (Å²) in [5.74, 6) is 1.06. The molecule has 0 spiro atoms. The number of hydrogen-bond acceptors (Lipinski definition) is 5. The molecule has 35 heavy (non-hydrogen) atoms. The van der Waals surface area contributed by atoms with E-state index >= 15 is 0 Å². The number of carbonyl (C=O) groups is 2. The summed E-state index contributed by atoms with van der Waals surface area (Å²) in [5, 5.41) is 5.89. The number of methoxy groups -OCH3 is 1. The predicted molar refractivity (Wildman–Crippen MR) is 133 cm³/mol. The van der Waals surface area contributed by atoms with Gasteiger partial charge in [-0.2, -0.15) is 0 Å². The minimum atomic E-state index is -0.515. The molecule has 1 saturated heterocycles. The molecule has 3 atom stereocenters. The molecule has 1 saturated carbocycles. The second-order valence-electron chi connectivity index (χ2n) is 10.0. The molecule has 0 radical (unpaired) electrons. The predicted octanol–water partition coefficient (Wildman–Crippen LogP) is 4.28. The summed E-state index contributed by atoms with van der Waals surface area (Å²) in [6.45, 7) is 2.78. The van der Waals surface area contributed by atoms with Crippen molar-refractivity contribution in [1.29, 1.82) is 0 Å².